The second kappa shape index (κ2) is 11.3. The van der Waals surface area contributed by atoms with Gasteiger partial charge in [0.2, 0.25) is 0 Å². The topological polar surface area (TPSA) is 50.4 Å². The lowest BCUT2D eigenvalue weighted by Gasteiger charge is -2.31. The van der Waals surface area contributed by atoms with E-state index in [9.17, 15) is 0 Å². The van der Waals surface area contributed by atoms with Crippen LogP contribution in [-0.2, 0) is 5.54 Å². The minimum Gasteiger partial charge on any atom is -0.390 e. The predicted molar refractivity (Wildman–Crippen MR) is 141 cm³/mol. The van der Waals surface area contributed by atoms with Crippen LogP contribution in [0.1, 0.15) is 45.7 Å². The molecule has 0 aliphatic rings. The first-order valence-electron chi connectivity index (χ1n) is 11.1. The van der Waals surface area contributed by atoms with Crippen LogP contribution in [0.3, 0.4) is 0 Å². The summed E-state index contributed by atoms with van der Waals surface area (Å²) in [6.45, 7) is 19.8. The van der Waals surface area contributed by atoms with Crippen LogP contribution < -0.4 is 11.1 Å². The minimum atomic E-state index is -0.571. The van der Waals surface area contributed by atoms with Gasteiger partial charge in [0.05, 0.1) is 6.34 Å². The highest BCUT2D eigenvalue weighted by Gasteiger charge is 2.30. The fourth-order valence-electron chi connectivity index (χ4n) is 3.61. The Morgan fingerprint density at radius 2 is 1.78 bits per heavy atom. The summed E-state index contributed by atoms with van der Waals surface area (Å²) >= 11 is 0. The van der Waals surface area contributed by atoms with Gasteiger partial charge < -0.3 is 11.1 Å². The molecule has 2 aromatic carbocycles. The van der Waals surface area contributed by atoms with Crippen molar-refractivity contribution in [2.24, 2.45) is 16.6 Å². The number of nitrogens with one attached hydrogen (secondary N) is 1. The minimum absolute atomic E-state index is 0.287. The van der Waals surface area contributed by atoms with Gasteiger partial charge in [-0.1, -0.05) is 87.2 Å². The average molecular weight is 428 g/mol. The number of benzene rings is 2. The van der Waals surface area contributed by atoms with E-state index in [1.54, 1.807) is 0 Å². The second-order valence-corrected chi connectivity index (χ2v) is 8.56. The Balaban J connectivity index is 2.34. The van der Waals surface area contributed by atoms with E-state index in [0.717, 1.165) is 40.1 Å². The zero-order chi connectivity index (χ0) is 23.7. The molecule has 0 amide bonds. The van der Waals surface area contributed by atoms with E-state index in [1.165, 1.54) is 11.9 Å². The fourth-order valence-corrected chi connectivity index (χ4v) is 3.61. The average Bonchev–Trinajstić information content (AvgIpc) is 2.80. The summed E-state index contributed by atoms with van der Waals surface area (Å²) in [5, 5.41) is 3.42. The van der Waals surface area contributed by atoms with Gasteiger partial charge in [-0.3, -0.25) is 4.99 Å². The Labute approximate surface area is 194 Å². The maximum Gasteiger partial charge on any atom is 0.105 e. The Bertz CT molecular complexity index is 1040. The van der Waals surface area contributed by atoms with Gasteiger partial charge in [0.25, 0.3) is 0 Å². The molecule has 3 heteroatoms. The third-order valence-electron chi connectivity index (χ3n) is 5.78. The van der Waals surface area contributed by atoms with Crippen molar-refractivity contribution in [2.45, 2.75) is 40.2 Å². The zero-order valence-electron chi connectivity index (χ0n) is 20.2. The molecule has 0 radical (unpaired) electrons. The van der Waals surface area contributed by atoms with Crippen LogP contribution in [0.15, 0.2) is 96.1 Å². The molecule has 0 saturated carbocycles. The molecular formula is C29H37N3. The summed E-state index contributed by atoms with van der Waals surface area (Å²) < 4.78 is 0. The van der Waals surface area contributed by atoms with Crippen molar-refractivity contribution >= 4 is 12.0 Å². The van der Waals surface area contributed by atoms with Gasteiger partial charge in [-0.2, -0.15) is 0 Å². The molecule has 0 bridgehead atoms. The number of aliphatic imine (C=N–C) groups is 1. The maximum atomic E-state index is 5.71. The van der Waals surface area contributed by atoms with Gasteiger partial charge in [0, 0.05) is 12.2 Å². The van der Waals surface area contributed by atoms with Crippen molar-refractivity contribution < 1.29 is 0 Å². The molecule has 0 aromatic heterocycles. The first-order valence-corrected chi connectivity index (χ1v) is 11.1. The first-order chi connectivity index (χ1) is 15.2. The highest BCUT2D eigenvalue weighted by Crippen LogP contribution is 2.38. The van der Waals surface area contributed by atoms with Crippen molar-refractivity contribution in [3.63, 3.8) is 0 Å². The molecule has 1 atom stereocenters. The summed E-state index contributed by atoms with van der Waals surface area (Å²) in [7, 11) is 0. The third kappa shape index (κ3) is 6.10. The summed E-state index contributed by atoms with van der Waals surface area (Å²) in [5.74, 6) is 0.287. The smallest absolute Gasteiger partial charge is 0.105 e. The lowest BCUT2D eigenvalue weighted by Crippen LogP contribution is -2.25. The standard InChI is InChI=1S/C29H37N3/c1-8-9-12-22(4)19-31-24(6)25-13-10-14-26(17-25)27-15-11-16-28(18-27)29(7,32-20-30)23(5)21(2)3/h8-18,20-21,31H,5-6,19H2,1-4,7H3,(H2,30,32)/b9-8-,22-12+. The molecule has 168 valence electrons. The number of nitrogens with two attached hydrogens (primary N) is 1. The van der Waals surface area contributed by atoms with Crippen LogP contribution >= 0.6 is 0 Å². The van der Waals surface area contributed by atoms with Gasteiger partial charge in [-0.15, -0.1) is 0 Å². The van der Waals surface area contributed by atoms with Gasteiger partial charge in [0.1, 0.15) is 5.54 Å². The number of hydrogen-bond acceptors (Lipinski definition) is 2. The normalized spacial score (nSPS) is 14.1. The van der Waals surface area contributed by atoms with E-state index in [2.05, 4.69) is 106 Å². The van der Waals surface area contributed by atoms with Crippen LogP contribution in [0.25, 0.3) is 16.8 Å². The fraction of sp³-hybridized carbons (Fsp3) is 0.276. The van der Waals surface area contributed by atoms with E-state index in [-0.39, 0.29) is 5.92 Å². The largest absolute Gasteiger partial charge is 0.390 e. The van der Waals surface area contributed by atoms with Crippen LogP contribution in [0.2, 0.25) is 0 Å². The van der Waals surface area contributed by atoms with Crippen molar-refractivity contribution in [1.82, 2.24) is 5.32 Å². The first kappa shape index (κ1) is 24.9. The number of allylic oxidation sites excluding steroid dienone is 3. The summed E-state index contributed by atoms with van der Waals surface area (Å²) in [5.41, 5.74) is 12.7. The Kier molecular flexibility index (Phi) is 8.83. The second-order valence-electron chi connectivity index (χ2n) is 8.56. The summed E-state index contributed by atoms with van der Waals surface area (Å²) in [6.07, 6.45) is 7.55. The van der Waals surface area contributed by atoms with E-state index < -0.39 is 5.54 Å². The molecule has 0 aliphatic heterocycles. The van der Waals surface area contributed by atoms with E-state index in [0.29, 0.717) is 0 Å². The van der Waals surface area contributed by atoms with Crippen molar-refractivity contribution in [1.29, 1.82) is 0 Å². The SMILES string of the molecule is C=C(NC/C(C)=C/C=C\C)c1cccc(-c2cccc(C(C)(N=CN)C(=C)C(C)C)c2)c1. The van der Waals surface area contributed by atoms with Crippen molar-refractivity contribution in [3.05, 3.63) is 102 Å². The lowest BCUT2D eigenvalue weighted by molar-refractivity contribution is 0.523. The lowest BCUT2D eigenvalue weighted by atomic mass is 9.79. The van der Waals surface area contributed by atoms with Gasteiger partial charge in [-0.05, 0) is 66.6 Å². The van der Waals surface area contributed by atoms with Crippen LogP contribution in [-0.4, -0.2) is 12.9 Å². The summed E-state index contributed by atoms with van der Waals surface area (Å²) in [6, 6.07) is 16.9. The van der Waals surface area contributed by atoms with Crippen LogP contribution in [0.5, 0.6) is 0 Å². The summed E-state index contributed by atoms with van der Waals surface area (Å²) in [4.78, 5) is 4.61. The van der Waals surface area contributed by atoms with E-state index in [4.69, 9.17) is 5.73 Å². The quantitative estimate of drug-likeness (QED) is 0.188. The monoisotopic (exact) mass is 427 g/mol. The molecule has 0 spiro atoms. The van der Waals surface area contributed by atoms with Crippen molar-refractivity contribution in [3.8, 4) is 11.1 Å². The highest BCUT2D eigenvalue weighted by molar-refractivity contribution is 5.72. The molecule has 2 rings (SSSR count). The van der Waals surface area contributed by atoms with Crippen LogP contribution in [0.4, 0.5) is 0 Å². The zero-order valence-corrected chi connectivity index (χ0v) is 20.2. The van der Waals surface area contributed by atoms with Crippen LogP contribution in [0, 0.1) is 5.92 Å². The molecule has 0 fully saturated rings. The number of nitrogens with zero attached hydrogens (tertiary/aromatic N) is 1. The molecule has 0 saturated heterocycles. The molecule has 0 heterocycles. The highest BCUT2D eigenvalue weighted by atomic mass is 14.9. The van der Waals surface area contributed by atoms with E-state index in [1.807, 2.05) is 19.1 Å². The molecule has 32 heavy (non-hydrogen) atoms. The predicted octanol–water partition coefficient (Wildman–Crippen LogP) is 6.85. The molecule has 3 nitrogen and oxygen atoms in total. The Morgan fingerprint density at radius 1 is 1.12 bits per heavy atom. The van der Waals surface area contributed by atoms with Crippen molar-refractivity contribution in [2.75, 3.05) is 6.54 Å². The van der Waals surface area contributed by atoms with Gasteiger partial charge >= 0.3 is 0 Å². The number of rotatable bonds is 10. The van der Waals surface area contributed by atoms with Gasteiger partial charge in [0.15, 0.2) is 0 Å². The molecular weight excluding hydrogens is 390 g/mol. The Morgan fingerprint density at radius 3 is 2.41 bits per heavy atom. The van der Waals surface area contributed by atoms with Gasteiger partial charge in [-0.25, -0.2) is 0 Å². The van der Waals surface area contributed by atoms with E-state index >= 15 is 0 Å². The number of hydrogen-bond donors (Lipinski definition) is 2. The third-order valence-corrected chi connectivity index (χ3v) is 5.78. The molecule has 1 unspecified atom stereocenters. The molecule has 2 aromatic rings. The maximum absolute atomic E-state index is 5.71. The molecule has 3 N–H and O–H groups in total. The Hall–Kier alpha value is -3.33. The molecule has 0 aliphatic carbocycles.